The molecule has 0 bridgehead atoms. The summed E-state index contributed by atoms with van der Waals surface area (Å²) in [5.41, 5.74) is -0.244. The van der Waals surface area contributed by atoms with Crippen molar-refractivity contribution < 1.29 is 9.59 Å². The van der Waals surface area contributed by atoms with E-state index in [-0.39, 0.29) is 21.8 Å². The topological polar surface area (TPSA) is 58.2 Å². The molecule has 0 aliphatic heterocycles. The second-order valence-electron chi connectivity index (χ2n) is 5.37. The Kier molecular flexibility index (Phi) is 8.07. The van der Waals surface area contributed by atoms with E-state index >= 15 is 0 Å². The molecule has 4 nitrogen and oxygen atoms in total. The van der Waals surface area contributed by atoms with Gasteiger partial charge in [-0.2, -0.15) is 0 Å². The monoisotopic (exact) mass is 274 g/mol. The van der Waals surface area contributed by atoms with E-state index in [4.69, 9.17) is 0 Å². The van der Waals surface area contributed by atoms with Gasteiger partial charge in [0.05, 0.1) is 5.25 Å². The Morgan fingerprint density at radius 2 is 1.56 bits per heavy atom. The summed E-state index contributed by atoms with van der Waals surface area (Å²) >= 11 is 1.09. The Bertz CT molecular complexity index is 275. The molecule has 0 aliphatic carbocycles. The van der Waals surface area contributed by atoms with Crippen LogP contribution in [0.1, 0.15) is 47.5 Å². The molecule has 0 aromatic heterocycles. The molecule has 106 valence electrons. The highest BCUT2D eigenvalue weighted by Crippen LogP contribution is 2.30. The molecule has 1 atom stereocenters. The van der Waals surface area contributed by atoms with Gasteiger partial charge in [0.1, 0.15) is 0 Å². The van der Waals surface area contributed by atoms with E-state index in [1.807, 2.05) is 34.6 Å². The van der Waals surface area contributed by atoms with Gasteiger partial charge in [-0.25, -0.2) is 0 Å². The SMILES string of the molecule is CCCNC(=O)SC(C(=O)NCCC)C(C)(C)C. The predicted molar refractivity (Wildman–Crippen MR) is 77.8 cm³/mol. The summed E-state index contributed by atoms with van der Waals surface area (Å²) in [5.74, 6) is -0.0546. The molecule has 0 saturated heterocycles. The summed E-state index contributed by atoms with van der Waals surface area (Å²) in [6.45, 7) is 11.2. The summed E-state index contributed by atoms with van der Waals surface area (Å²) < 4.78 is 0. The van der Waals surface area contributed by atoms with Gasteiger partial charge in [0, 0.05) is 13.1 Å². The van der Waals surface area contributed by atoms with Crippen molar-refractivity contribution in [1.82, 2.24) is 10.6 Å². The van der Waals surface area contributed by atoms with Crippen LogP contribution in [0.15, 0.2) is 0 Å². The molecule has 0 aromatic carbocycles. The highest BCUT2D eigenvalue weighted by atomic mass is 32.2. The van der Waals surface area contributed by atoms with E-state index in [2.05, 4.69) is 10.6 Å². The minimum atomic E-state index is -0.360. The first kappa shape index (κ1) is 17.3. The zero-order chi connectivity index (χ0) is 14.2. The molecule has 0 radical (unpaired) electrons. The third-order valence-corrected chi connectivity index (χ3v) is 3.83. The number of rotatable bonds is 6. The van der Waals surface area contributed by atoms with Crippen LogP contribution in [0.5, 0.6) is 0 Å². The average molecular weight is 274 g/mol. The first-order valence-electron chi connectivity index (χ1n) is 6.55. The standard InChI is InChI=1S/C13H26N2O2S/c1-6-8-14-11(16)10(13(3,4)5)18-12(17)15-9-7-2/h10H,6-9H2,1-5H3,(H,14,16)(H,15,17). The Hall–Kier alpha value is -0.710. The van der Waals surface area contributed by atoms with Crippen LogP contribution in [-0.2, 0) is 4.79 Å². The van der Waals surface area contributed by atoms with Gasteiger partial charge < -0.3 is 10.6 Å². The smallest absolute Gasteiger partial charge is 0.279 e. The van der Waals surface area contributed by atoms with Crippen molar-refractivity contribution in [2.24, 2.45) is 5.41 Å². The van der Waals surface area contributed by atoms with Crippen LogP contribution in [0.4, 0.5) is 4.79 Å². The third kappa shape index (κ3) is 6.89. The lowest BCUT2D eigenvalue weighted by atomic mass is 9.91. The van der Waals surface area contributed by atoms with E-state index in [0.29, 0.717) is 13.1 Å². The molecule has 5 heteroatoms. The molecule has 2 N–H and O–H groups in total. The maximum absolute atomic E-state index is 12.0. The molecular weight excluding hydrogens is 248 g/mol. The van der Waals surface area contributed by atoms with Crippen LogP contribution < -0.4 is 10.6 Å². The highest BCUT2D eigenvalue weighted by Gasteiger charge is 2.33. The normalized spacial score (nSPS) is 12.9. The molecule has 0 aliphatic rings. The Labute approximate surface area is 115 Å². The average Bonchev–Trinajstić information content (AvgIpc) is 2.28. The van der Waals surface area contributed by atoms with Crippen molar-refractivity contribution in [2.45, 2.75) is 52.7 Å². The van der Waals surface area contributed by atoms with Crippen LogP contribution >= 0.6 is 11.8 Å². The van der Waals surface area contributed by atoms with Crippen LogP contribution in [0.25, 0.3) is 0 Å². The molecule has 0 fully saturated rings. The summed E-state index contributed by atoms with van der Waals surface area (Å²) in [6.07, 6.45) is 1.80. The Balaban J connectivity index is 4.50. The fourth-order valence-corrected chi connectivity index (χ4v) is 2.28. The maximum Gasteiger partial charge on any atom is 0.279 e. The Morgan fingerprint density at radius 3 is 2.00 bits per heavy atom. The van der Waals surface area contributed by atoms with Crippen molar-refractivity contribution in [3.8, 4) is 0 Å². The molecule has 2 amide bonds. The maximum atomic E-state index is 12.0. The van der Waals surface area contributed by atoms with Crippen molar-refractivity contribution in [3.05, 3.63) is 0 Å². The number of hydrogen-bond acceptors (Lipinski definition) is 3. The van der Waals surface area contributed by atoms with Crippen molar-refractivity contribution >= 4 is 22.9 Å². The van der Waals surface area contributed by atoms with Gasteiger partial charge in [-0.1, -0.05) is 46.4 Å². The molecule has 0 aromatic rings. The number of thioether (sulfide) groups is 1. The van der Waals surface area contributed by atoms with E-state index in [9.17, 15) is 9.59 Å². The van der Waals surface area contributed by atoms with E-state index in [1.54, 1.807) is 0 Å². The van der Waals surface area contributed by atoms with Crippen LogP contribution in [0.2, 0.25) is 0 Å². The molecule has 18 heavy (non-hydrogen) atoms. The molecule has 0 rings (SSSR count). The van der Waals surface area contributed by atoms with Crippen LogP contribution in [0, 0.1) is 5.41 Å². The zero-order valence-electron chi connectivity index (χ0n) is 12.1. The zero-order valence-corrected chi connectivity index (χ0v) is 12.9. The largest absolute Gasteiger partial charge is 0.355 e. The van der Waals surface area contributed by atoms with Gasteiger partial charge in [0.2, 0.25) is 5.91 Å². The summed E-state index contributed by atoms with van der Waals surface area (Å²) in [5, 5.41) is 5.17. The van der Waals surface area contributed by atoms with Crippen molar-refractivity contribution in [3.63, 3.8) is 0 Å². The lowest BCUT2D eigenvalue weighted by Gasteiger charge is -2.28. The van der Waals surface area contributed by atoms with E-state index in [1.165, 1.54) is 0 Å². The number of amides is 2. The van der Waals surface area contributed by atoms with Gasteiger partial charge in [0.25, 0.3) is 5.24 Å². The first-order chi connectivity index (χ1) is 8.32. The van der Waals surface area contributed by atoms with Crippen LogP contribution in [-0.4, -0.2) is 29.5 Å². The lowest BCUT2D eigenvalue weighted by molar-refractivity contribution is -0.122. The molecular formula is C13H26N2O2S. The fraction of sp³-hybridized carbons (Fsp3) is 0.846. The minimum absolute atomic E-state index is 0.0546. The van der Waals surface area contributed by atoms with Gasteiger partial charge in [-0.15, -0.1) is 0 Å². The third-order valence-electron chi connectivity index (χ3n) is 2.32. The minimum Gasteiger partial charge on any atom is -0.355 e. The Morgan fingerprint density at radius 1 is 1.06 bits per heavy atom. The second-order valence-corrected chi connectivity index (χ2v) is 6.45. The summed E-state index contributed by atoms with van der Waals surface area (Å²) in [7, 11) is 0. The summed E-state index contributed by atoms with van der Waals surface area (Å²) in [6, 6.07) is 0. The van der Waals surface area contributed by atoms with Crippen molar-refractivity contribution in [2.75, 3.05) is 13.1 Å². The van der Waals surface area contributed by atoms with Gasteiger partial charge in [-0.3, -0.25) is 9.59 Å². The first-order valence-corrected chi connectivity index (χ1v) is 7.43. The predicted octanol–water partition coefficient (Wildman–Crippen LogP) is 2.78. The van der Waals surface area contributed by atoms with Gasteiger partial charge in [-0.05, 0) is 18.3 Å². The second kappa shape index (κ2) is 8.40. The number of carbonyl (C=O) groups is 2. The van der Waals surface area contributed by atoms with Crippen LogP contribution in [0.3, 0.4) is 0 Å². The van der Waals surface area contributed by atoms with E-state index < -0.39 is 0 Å². The quantitative estimate of drug-likeness (QED) is 0.783. The molecule has 0 heterocycles. The highest BCUT2D eigenvalue weighted by molar-refractivity contribution is 8.14. The summed E-state index contributed by atoms with van der Waals surface area (Å²) in [4.78, 5) is 23.8. The lowest BCUT2D eigenvalue weighted by Crippen LogP contribution is -2.42. The van der Waals surface area contributed by atoms with Gasteiger partial charge in [0.15, 0.2) is 0 Å². The molecule has 0 saturated carbocycles. The number of carbonyl (C=O) groups excluding carboxylic acids is 2. The number of nitrogens with one attached hydrogen (secondary N) is 2. The number of hydrogen-bond donors (Lipinski definition) is 2. The van der Waals surface area contributed by atoms with E-state index in [0.717, 1.165) is 24.6 Å². The van der Waals surface area contributed by atoms with Gasteiger partial charge >= 0.3 is 0 Å². The molecule has 1 unspecified atom stereocenters. The van der Waals surface area contributed by atoms with Crippen molar-refractivity contribution in [1.29, 1.82) is 0 Å². The molecule has 0 spiro atoms. The fourth-order valence-electron chi connectivity index (χ4n) is 1.34.